The summed E-state index contributed by atoms with van der Waals surface area (Å²) < 4.78 is 27.3. The van der Waals surface area contributed by atoms with Crippen molar-refractivity contribution in [3.63, 3.8) is 0 Å². The lowest BCUT2D eigenvalue weighted by atomic mass is 10.1. The molecule has 0 aromatic heterocycles. The van der Waals surface area contributed by atoms with Gasteiger partial charge < -0.3 is 5.32 Å². The van der Waals surface area contributed by atoms with Crippen molar-refractivity contribution in [3.05, 3.63) is 58.6 Å². The molecule has 0 spiro atoms. The van der Waals surface area contributed by atoms with Crippen LogP contribution in [-0.2, 0) is 10.0 Å². The average Bonchev–Trinajstić information content (AvgIpc) is 3.38. The molecule has 1 aliphatic carbocycles. The molecule has 26 heavy (non-hydrogen) atoms. The smallest absolute Gasteiger partial charge is 0.255 e. The fourth-order valence-electron chi connectivity index (χ4n) is 2.35. The standard InChI is InChI=1S/C18H17ClN2O4S/c1-11(22)12-3-2-4-15(9-12)20-18(23)13-5-8-16(19)17(10-13)26(24,25)21-14-6-7-14/h2-5,8-10,14,21H,6-7H2,1H3,(H,20,23). The summed E-state index contributed by atoms with van der Waals surface area (Å²) in [6, 6.07) is 10.5. The van der Waals surface area contributed by atoms with Gasteiger partial charge in [-0.05, 0) is 50.1 Å². The Morgan fingerprint density at radius 3 is 2.46 bits per heavy atom. The number of Topliss-reactive ketones (excluding diaryl/α,β-unsaturated/α-hetero) is 1. The summed E-state index contributed by atoms with van der Waals surface area (Å²) in [4.78, 5) is 23.8. The molecule has 0 heterocycles. The number of hydrogen-bond donors (Lipinski definition) is 2. The molecule has 2 aromatic carbocycles. The summed E-state index contributed by atoms with van der Waals surface area (Å²) in [6.07, 6.45) is 1.59. The van der Waals surface area contributed by atoms with Gasteiger partial charge in [0.05, 0.1) is 5.02 Å². The van der Waals surface area contributed by atoms with Crippen LogP contribution in [0.3, 0.4) is 0 Å². The predicted molar refractivity (Wildman–Crippen MR) is 99.2 cm³/mol. The van der Waals surface area contributed by atoms with E-state index in [1.54, 1.807) is 24.3 Å². The number of nitrogens with one attached hydrogen (secondary N) is 2. The summed E-state index contributed by atoms with van der Waals surface area (Å²) in [6.45, 7) is 1.43. The molecule has 6 nitrogen and oxygen atoms in total. The van der Waals surface area contributed by atoms with Crippen LogP contribution in [0.4, 0.5) is 5.69 Å². The molecule has 0 aliphatic heterocycles. The van der Waals surface area contributed by atoms with Crippen LogP contribution < -0.4 is 10.0 Å². The number of carbonyl (C=O) groups excluding carboxylic acids is 2. The summed E-state index contributed by atoms with van der Waals surface area (Å²) in [5, 5.41) is 2.70. The van der Waals surface area contributed by atoms with Gasteiger partial charge in [-0.1, -0.05) is 23.7 Å². The van der Waals surface area contributed by atoms with Gasteiger partial charge >= 0.3 is 0 Å². The number of hydrogen-bond acceptors (Lipinski definition) is 4. The Kier molecular flexibility index (Phi) is 5.13. The molecule has 0 unspecified atom stereocenters. The van der Waals surface area contributed by atoms with Gasteiger partial charge in [-0.25, -0.2) is 13.1 Å². The monoisotopic (exact) mass is 392 g/mol. The maximum atomic E-state index is 12.5. The maximum absolute atomic E-state index is 12.5. The van der Waals surface area contributed by atoms with E-state index in [2.05, 4.69) is 10.0 Å². The van der Waals surface area contributed by atoms with Crippen molar-refractivity contribution in [2.45, 2.75) is 30.7 Å². The number of halogens is 1. The highest BCUT2D eigenvalue weighted by Crippen LogP contribution is 2.27. The summed E-state index contributed by atoms with van der Waals surface area (Å²) in [5.74, 6) is -0.614. The fraction of sp³-hybridized carbons (Fsp3) is 0.222. The largest absolute Gasteiger partial charge is 0.322 e. The molecule has 1 fully saturated rings. The number of sulfonamides is 1. The molecule has 3 rings (SSSR count). The van der Waals surface area contributed by atoms with Crippen molar-refractivity contribution in [1.29, 1.82) is 0 Å². The van der Waals surface area contributed by atoms with Crippen LogP contribution in [0.25, 0.3) is 0 Å². The van der Waals surface area contributed by atoms with Crippen LogP contribution in [0.1, 0.15) is 40.5 Å². The van der Waals surface area contributed by atoms with E-state index in [1.165, 1.54) is 25.1 Å². The van der Waals surface area contributed by atoms with E-state index in [1.807, 2.05) is 0 Å². The van der Waals surface area contributed by atoms with Crippen molar-refractivity contribution in [2.75, 3.05) is 5.32 Å². The van der Waals surface area contributed by atoms with E-state index in [0.29, 0.717) is 11.3 Å². The third kappa shape index (κ3) is 4.30. The second-order valence-electron chi connectivity index (χ2n) is 6.13. The van der Waals surface area contributed by atoms with Crippen molar-refractivity contribution in [3.8, 4) is 0 Å². The van der Waals surface area contributed by atoms with Gasteiger partial charge in [-0.15, -0.1) is 0 Å². The first-order valence-electron chi connectivity index (χ1n) is 8.00. The van der Waals surface area contributed by atoms with E-state index in [9.17, 15) is 18.0 Å². The lowest BCUT2D eigenvalue weighted by Gasteiger charge is -2.10. The molecule has 1 saturated carbocycles. The minimum atomic E-state index is -3.78. The van der Waals surface area contributed by atoms with E-state index < -0.39 is 15.9 Å². The highest BCUT2D eigenvalue weighted by atomic mass is 35.5. The summed E-state index contributed by atoms with van der Waals surface area (Å²) in [5.41, 5.74) is 1.06. The van der Waals surface area contributed by atoms with E-state index in [0.717, 1.165) is 12.8 Å². The first-order chi connectivity index (χ1) is 12.3. The predicted octanol–water partition coefficient (Wildman–Crippen LogP) is 3.24. The summed E-state index contributed by atoms with van der Waals surface area (Å²) >= 11 is 6.02. The summed E-state index contributed by atoms with van der Waals surface area (Å²) in [7, 11) is -3.78. The van der Waals surface area contributed by atoms with E-state index in [4.69, 9.17) is 11.6 Å². The third-order valence-electron chi connectivity index (χ3n) is 3.91. The molecule has 0 saturated heterocycles. The molecular formula is C18H17ClN2O4S. The van der Waals surface area contributed by atoms with Gasteiger partial charge in [0.15, 0.2) is 5.78 Å². The van der Waals surface area contributed by atoms with Gasteiger partial charge in [0.2, 0.25) is 10.0 Å². The number of ketones is 1. The highest BCUT2D eigenvalue weighted by molar-refractivity contribution is 7.89. The lowest BCUT2D eigenvalue weighted by molar-refractivity contribution is 0.101. The Morgan fingerprint density at radius 2 is 1.81 bits per heavy atom. The topological polar surface area (TPSA) is 92.3 Å². The molecule has 2 N–H and O–H groups in total. The molecule has 0 bridgehead atoms. The van der Waals surface area contributed by atoms with Gasteiger partial charge in [-0.3, -0.25) is 9.59 Å². The lowest BCUT2D eigenvalue weighted by Crippen LogP contribution is -2.26. The van der Waals surface area contributed by atoms with Crippen molar-refractivity contribution in [2.24, 2.45) is 0 Å². The first kappa shape index (κ1) is 18.6. The third-order valence-corrected chi connectivity index (χ3v) is 5.91. The minimum absolute atomic E-state index is 0.0493. The van der Waals surface area contributed by atoms with Crippen molar-refractivity contribution < 1.29 is 18.0 Å². The second kappa shape index (κ2) is 7.19. The Morgan fingerprint density at radius 1 is 1.08 bits per heavy atom. The zero-order chi connectivity index (χ0) is 18.9. The second-order valence-corrected chi connectivity index (χ2v) is 8.22. The fourth-order valence-corrected chi connectivity index (χ4v) is 4.18. The molecule has 0 atom stereocenters. The van der Waals surface area contributed by atoms with Crippen LogP contribution in [0.2, 0.25) is 5.02 Å². The molecule has 136 valence electrons. The minimum Gasteiger partial charge on any atom is -0.322 e. The van der Waals surface area contributed by atoms with Crippen molar-refractivity contribution >= 4 is 39.0 Å². The maximum Gasteiger partial charge on any atom is 0.255 e. The number of amides is 1. The normalized spacial score (nSPS) is 14.1. The van der Waals surface area contributed by atoms with Gasteiger partial charge in [-0.2, -0.15) is 0 Å². The average molecular weight is 393 g/mol. The van der Waals surface area contributed by atoms with Crippen LogP contribution in [0, 0.1) is 0 Å². The number of anilines is 1. The quantitative estimate of drug-likeness (QED) is 0.738. The van der Waals surface area contributed by atoms with Gasteiger partial charge in [0.25, 0.3) is 5.91 Å². The van der Waals surface area contributed by atoms with Crippen LogP contribution in [-0.4, -0.2) is 26.2 Å². The molecule has 8 heteroatoms. The van der Waals surface area contributed by atoms with Crippen LogP contribution in [0.5, 0.6) is 0 Å². The zero-order valence-corrected chi connectivity index (χ0v) is 15.5. The van der Waals surface area contributed by atoms with Crippen LogP contribution in [0.15, 0.2) is 47.4 Å². The zero-order valence-electron chi connectivity index (χ0n) is 14.0. The number of benzene rings is 2. The van der Waals surface area contributed by atoms with E-state index >= 15 is 0 Å². The van der Waals surface area contributed by atoms with Crippen molar-refractivity contribution in [1.82, 2.24) is 4.72 Å². The Hall–Kier alpha value is -2.22. The molecule has 1 aliphatic rings. The first-order valence-corrected chi connectivity index (χ1v) is 9.86. The number of rotatable bonds is 6. The Labute approximate surface area is 156 Å². The molecule has 2 aromatic rings. The van der Waals surface area contributed by atoms with Gasteiger partial charge in [0, 0.05) is 22.9 Å². The van der Waals surface area contributed by atoms with Gasteiger partial charge in [0.1, 0.15) is 4.90 Å². The van der Waals surface area contributed by atoms with Crippen LogP contribution >= 0.6 is 11.6 Å². The van der Waals surface area contributed by atoms with E-state index in [-0.39, 0.29) is 27.3 Å². The Bertz CT molecular complexity index is 984. The molecule has 0 radical (unpaired) electrons. The highest BCUT2D eigenvalue weighted by Gasteiger charge is 2.29. The SMILES string of the molecule is CC(=O)c1cccc(NC(=O)c2ccc(Cl)c(S(=O)(=O)NC3CC3)c2)c1. The number of carbonyl (C=O) groups is 2. The Balaban J connectivity index is 1.85. The molecule has 1 amide bonds. The molecular weight excluding hydrogens is 376 g/mol.